The number of aromatic hydroxyl groups is 1. The molecule has 4 nitrogen and oxygen atoms in total. The number of hydrogen-bond donors (Lipinski definition) is 3. The molecule has 6 heteroatoms. The van der Waals surface area contributed by atoms with Crippen molar-refractivity contribution in [2.45, 2.75) is 23.8 Å². The molecular weight excluding hydrogens is 290 g/mol. The van der Waals surface area contributed by atoms with Crippen molar-refractivity contribution in [1.29, 1.82) is 0 Å². The SMILES string of the molecule is NCCc1c[nH]c(=S)n1C1CSc2ccc(O)cc2C1. The Bertz CT molecular complexity index is 677. The van der Waals surface area contributed by atoms with Crippen LogP contribution >= 0.6 is 24.0 Å². The van der Waals surface area contributed by atoms with E-state index in [1.54, 1.807) is 6.07 Å². The Morgan fingerprint density at radius 2 is 2.35 bits per heavy atom. The van der Waals surface area contributed by atoms with E-state index in [4.69, 9.17) is 18.0 Å². The summed E-state index contributed by atoms with van der Waals surface area (Å²) < 4.78 is 2.94. The van der Waals surface area contributed by atoms with Gasteiger partial charge in [-0.05, 0) is 48.9 Å². The van der Waals surface area contributed by atoms with E-state index in [-0.39, 0.29) is 0 Å². The number of nitrogens with two attached hydrogens (primary N) is 1. The van der Waals surface area contributed by atoms with E-state index in [1.165, 1.54) is 10.5 Å². The van der Waals surface area contributed by atoms with Crippen LogP contribution in [0.2, 0.25) is 0 Å². The van der Waals surface area contributed by atoms with Crippen LogP contribution in [-0.4, -0.2) is 27.0 Å². The molecule has 2 heterocycles. The van der Waals surface area contributed by atoms with Gasteiger partial charge in [0.25, 0.3) is 0 Å². The molecular formula is C14H17N3OS2. The van der Waals surface area contributed by atoms with Crippen molar-refractivity contribution >= 4 is 24.0 Å². The Balaban J connectivity index is 1.94. The fraction of sp³-hybridized carbons (Fsp3) is 0.357. The zero-order chi connectivity index (χ0) is 14.1. The number of nitrogens with zero attached hydrogens (tertiary/aromatic N) is 1. The van der Waals surface area contributed by atoms with E-state index in [0.29, 0.717) is 18.3 Å². The summed E-state index contributed by atoms with van der Waals surface area (Å²) in [6, 6.07) is 5.90. The van der Waals surface area contributed by atoms with Crippen molar-refractivity contribution in [2.75, 3.05) is 12.3 Å². The molecule has 0 spiro atoms. The number of aromatic nitrogens is 2. The molecule has 0 radical (unpaired) electrons. The minimum absolute atomic E-state index is 0.314. The van der Waals surface area contributed by atoms with E-state index < -0.39 is 0 Å². The number of hydrogen-bond acceptors (Lipinski definition) is 4. The van der Waals surface area contributed by atoms with Crippen molar-refractivity contribution in [3.05, 3.63) is 40.4 Å². The third-order valence-electron chi connectivity index (χ3n) is 3.59. The molecule has 4 N–H and O–H groups in total. The molecule has 1 atom stereocenters. The first-order valence-electron chi connectivity index (χ1n) is 6.62. The summed E-state index contributed by atoms with van der Waals surface area (Å²) in [4.78, 5) is 4.37. The largest absolute Gasteiger partial charge is 0.508 e. The summed E-state index contributed by atoms with van der Waals surface area (Å²) in [6.07, 6.45) is 3.67. The van der Waals surface area contributed by atoms with Crippen LogP contribution in [0.4, 0.5) is 0 Å². The highest BCUT2D eigenvalue weighted by atomic mass is 32.2. The van der Waals surface area contributed by atoms with E-state index in [2.05, 4.69) is 9.55 Å². The molecule has 0 bridgehead atoms. The Labute approximate surface area is 127 Å². The van der Waals surface area contributed by atoms with E-state index in [9.17, 15) is 5.11 Å². The number of aromatic amines is 1. The van der Waals surface area contributed by atoms with E-state index in [1.807, 2.05) is 30.1 Å². The van der Waals surface area contributed by atoms with Crippen LogP contribution < -0.4 is 5.73 Å². The van der Waals surface area contributed by atoms with Crippen LogP contribution in [0.15, 0.2) is 29.3 Å². The number of imidazole rings is 1. The molecule has 20 heavy (non-hydrogen) atoms. The molecule has 106 valence electrons. The molecule has 0 saturated carbocycles. The molecule has 0 amide bonds. The van der Waals surface area contributed by atoms with Gasteiger partial charge in [0.15, 0.2) is 4.77 Å². The second kappa shape index (κ2) is 5.63. The first-order valence-corrected chi connectivity index (χ1v) is 8.02. The third kappa shape index (κ3) is 2.51. The van der Waals surface area contributed by atoms with E-state index >= 15 is 0 Å². The number of H-pyrrole nitrogens is 1. The van der Waals surface area contributed by atoms with Crippen molar-refractivity contribution in [2.24, 2.45) is 5.73 Å². The summed E-state index contributed by atoms with van der Waals surface area (Å²) in [5.41, 5.74) is 8.01. The van der Waals surface area contributed by atoms with Gasteiger partial charge < -0.3 is 20.4 Å². The maximum Gasteiger partial charge on any atom is 0.177 e. The highest BCUT2D eigenvalue weighted by Gasteiger charge is 2.23. The Hall–Kier alpha value is -1.24. The monoisotopic (exact) mass is 307 g/mol. The van der Waals surface area contributed by atoms with Crippen LogP contribution in [0, 0.1) is 4.77 Å². The van der Waals surface area contributed by atoms with Crippen LogP contribution in [0.5, 0.6) is 5.75 Å². The van der Waals surface area contributed by atoms with Crippen molar-refractivity contribution in [3.8, 4) is 5.75 Å². The van der Waals surface area contributed by atoms with Gasteiger partial charge in [-0.15, -0.1) is 11.8 Å². The van der Waals surface area contributed by atoms with Crippen molar-refractivity contribution in [3.63, 3.8) is 0 Å². The zero-order valence-electron chi connectivity index (χ0n) is 11.0. The first-order chi connectivity index (χ1) is 9.69. The lowest BCUT2D eigenvalue weighted by molar-refractivity contribution is 0.470. The highest BCUT2D eigenvalue weighted by molar-refractivity contribution is 7.99. The minimum Gasteiger partial charge on any atom is -0.508 e. The lowest BCUT2D eigenvalue weighted by Crippen LogP contribution is -2.21. The quantitative estimate of drug-likeness (QED) is 0.763. The summed E-state index contributed by atoms with van der Waals surface area (Å²) in [6.45, 7) is 0.615. The second-order valence-corrected chi connectivity index (χ2v) is 6.40. The smallest absolute Gasteiger partial charge is 0.177 e. The number of phenols is 1. The number of rotatable bonds is 3. The lowest BCUT2D eigenvalue weighted by atomic mass is 10.1. The van der Waals surface area contributed by atoms with Crippen LogP contribution in [-0.2, 0) is 12.8 Å². The number of nitrogens with one attached hydrogen (secondary N) is 1. The standard InChI is InChI=1S/C14H17N3OS2/c15-4-3-10-7-16-14(19)17(10)11-5-9-6-12(18)1-2-13(9)20-8-11/h1-2,6-7,11,18H,3-5,8,15H2,(H,16,19). The highest BCUT2D eigenvalue weighted by Crippen LogP contribution is 2.37. The van der Waals surface area contributed by atoms with Gasteiger partial charge in [0.1, 0.15) is 5.75 Å². The molecule has 0 fully saturated rings. The van der Waals surface area contributed by atoms with Gasteiger partial charge in [-0.25, -0.2) is 0 Å². The van der Waals surface area contributed by atoms with Crippen molar-refractivity contribution < 1.29 is 5.11 Å². The predicted octanol–water partition coefficient (Wildman–Crippen LogP) is 2.64. The average molecular weight is 307 g/mol. The lowest BCUT2D eigenvalue weighted by Gasteiger charge is -2.26. The van der Waals surface area contributed by atoms with Crippen LogP contribution in [0.3, 0.4) is 0 Å². The number of benzene rings is 1. The molecule has 1 aliphatic rings. The molecule has 1 aromatic heterocycles. The summed E-state index contributed by atoms with van der Waals surface area (Å²) in [5, 5.41) is 9.64. The molecule has 1 unspecified atom stereocenters. The van der Waals surface area contributed by atoms with Crippen LogP contribution in [0.25, 0.3) is 0 Å². The van der Waals surface area contributed by atoms with Gasteiger partial charge in [-0.2, -0.15) is 0 Å². The molecule has 0 saturated heterocycles. The van der Waals surface area contributed by atoms with Crippen molar-refractivity contribution in [1.82, 2.24) is 9.55 Å². The molecule has 0 aliphatic carbocycles. The van der Waals surface area contributed by atoms with Gasteiger partial charge in [-0.3, -0.25) is 0 Å². The predicted molar refractivity (Wildman–Crippen MR) is 83.9 cm³/mol. The number of fused-ring (bicyclic) bond motifs is 1. The van der Waals surface area contributed by atoms with Gasteiger partial charge in [0, 0.05) is 35.0 Å². The van der Waals surface area contributed by atoms with Gasteiger partial charge in [0.05, 0.1) is 0 Å². The van der Waals surface area contributed by atoms with Gasteiger partial charge in [0.2, 0.25) is 0 Å². The van der Waals surface area contributed by atoms with Crippen LogP contribution in [0.1, 0.15) is 17.3 Å². The summed E-state index contributed by atoms with van der Waals surface area (Å²) in [5.74, 6) is 1.31. The minimum atomic E-state index is 0.314. The molecule has 1 aliphatic heterocycles. The molecule has 1 aromatic carbocycles. The molecule has 3 rings (SSSR count). The topological polar surface area (TPSA) is 67.0 Å². The average Bonchev–Trinajstić information content (AvgIpc) is 2.79. The maximum atomic E-state index is 9.64. The van der Waals surface area contributed by atoms with Gasteiger partial charge >= 0.3 is 0 Å². The van der Waals surface area contributed by atoms with Gasteiger partial charge in [-0.1, -0.05) is 0 Å². The number of thioether (sulfide) groups is 1. The van der Waals surface area contributed by atoms with E-state index in [0.717, 1.165) is 29.1 Å². The Morgan fingerprint density at radius 3 is 3.15 bits per heavy atom. The summed E-state index contributed by atoms with van der Waals surface area (Å²) in [7, 11) is 0. The Kier molecular flexibility index (Phi) is 3.87. The normalized spacial score (nSPS) is 17.9. The summed E-state index contributed by atoms with van der Waals surface area (Å²) >= 11 is 7.22. The first kappa shape index (κ1) is 13.7. The fourth-order valence-electron chi connectivity index (χ4n) is 2.69. The second-order valence-electron chi connectivity index (χ2n) is 4.95. The number of phenolic OH excluding ortho intramolecular Hbond substituents is 1. The third-order valence-corrected chi connectivity index (χ3v) is 5.16. The fourth-order valence-corrected chi connectivity index (χ4v) is 4.14. The Morgan fingerprint density at radius 1 is 1.50 bits per heavy atom. The zero-order valence-corrected chi connectivity index (χ0v) is 12.6. The molecule has 2 aromatic rings. The maximum absolute atomic E-state index is 9.64.